The lowest BCUT2D eigenvalue weighted by atomic mass is 10.3. The Morgan fingerprint density at radius 3 is 3.00 bits per heavy atom. The highest BCUT2D eigenvalue weighted by atomic mass is 32.2. The quantitative estimate of drug-likeness (QED) is 0.724. The maximum atomic E-state index is 9.19. The molecule has 0 fully saturated rings. The topological polar surface area (TPSA) is 50.9 Å². The van der Waals surface area contributed by atoms with Crippen molar-refractivity contribution in [2.45, 2.75) is 26.5 Å². The van der Waals surface area contributed by atoms with Gasteiger partial charge in [0, 0.05) is 5.75 Å². The van der Waals surface area contributed by atoms with Crippen molar-refractivity contribution in [3.8, 4) is 0 Å². The average Bonchev–Trinajstić information content (AvgIpc) is 2.53. The van der Waals surface area contributed by atoms with Gasteiger partial charge in [-0.3, -0.25) is 4.68 Å². The Balaban J connectivity index is 2.40. The van der Waals surface area contributed by atoms with E-state index in [2.05, 4.69) is 17.2 Å². The van der Waals surface area contributed by atoms with E-state index in [-0.39, 0.29) is 0 Å². The number of hydrogen-bond acceptors (Lipinski definition) is 4. The molecule has 1 N–H and O–H groups in total. The summed E-state index contributed by atoms with van der Waals surface area (Å²) in [6, 6.07) is 0. The molecule has 0 aliphatic carbocycles. The highest BCUT2D eigenvalue weighted by Gasteiger charge is 2.05. The molecule has 13 heavy (non-hydrogen) atoms. The Bertz CT molecular complexity index is 249. The smallest absolute Gasteiger partial charge is 0.111 e. The zero-order chi connectivity index (χ0) is 9.68. The van der Waals surface area contributed by atoms with E-state index in [9.17, 15) is 5.11 Å². The SMILES string of the molecule is CCSCCn1cc(C(C)O)nn1. The molecule has 1 aromatic rings. The number of rotatable bonds is 5. The molecule has 1 atom stereocenters. The van der Waals surface area contributed by atoms with Gasteiger partial charge in [0.2, 0.25) is 0 Å². The van der Waals surface area contributed by atoms with E-state index in [1.807, 2.05) is 11.8 Å². The molecule has 4 nitrogen and oxygen atoms in total. The van der Waals surface area contributed by atoms with Crippen molar-refractivity contribution >= 4 is 11.8 Å². The van der Waals surface area contributed by atoms with E-state index in [1.54, 1.807) is 17.8 Å². The Kier molecular flexibility index (Phi) is 4.24. The highest BCUT2D eigenvalue weighted by Crippen LogP contribution is 2.07. The van der Waals surface area contributed by atoms with E-state index in [0.717, 1.165) is 18.1 Å². The largest absolute Gasteiger partial charge is 0.387 e. The van der Waals surface area contributed by atoms with Crippen LogP contribution in [-0.2, 0) is 6.54 Å². The zero-order valence-electron chi connectivity index (χ0n) is 7.97. The van der Waals surface area contributed by atoms with Gasteiger partial charge in [-0.2, -0.15) is 11.8 Å². The number of nitrogens with zero attached hydrogens (tertiary/aromatic N) is 3. The molecule has 0 aliphatic heterocycles. The third kappa shape index (κ3) is 3.36. The molecule has 1 aromatic heterocycles. The van der Waals surface area contributed by atoms with Crippen molar-refractivity contribution in [1.29, 1.82) is 0 Å². The van der Waals surface area contributed by atoms with Crippen LogP contribution in [0, 0.1) is 0 Å². The summed E-state index contributed by atoms with van der Waals surface area (Å²) in [6.07, 6.45) is 1.27. The van der Waals surface area contributed by atoms with Gasteiger partial charge in [-0.1, -0.05) is 12.1 Å². The van der Waals surface area contributed by atoms with Gasteiger partial charge in [0.1, 0.15) is 5.69 Å². The summed E-state index contributed by atoms with van der Waals surface area (Å²) in [6.45, 7) is 4.68. The summed E-state index contributed by atoms with van der Waals surface area (Å²) in [5, 5.41) is 16.9. The zero-order valence-corrected chi connectivity index (χ0v) is 8.79. The predicted molar refractivity (Wildman–Crippen MR) is 53.7 cm³/mol. The summed E-state index contributed by atoms with van der Waals surface area (Å²) >= 11 is 1.87. The van der Waals surface area contributed by atoms with Gasteiger partial charge in [0.25, 0.3) is 0 Å². The minimum Gasteiger partial charge on any atom is -0.387 e. The molecule has 0 radical (unpaired) electrons. The molecule has 1 unspecified atom stereocenters. The Morgan fingerprint density at radius 1 is 1.69 bits per heavy atom. The summed E-state index contributed by atoms with van der Waals surface area (Å²) in [5.74, 6) is 2.16. The van der Waals surface area contributed by atoms with Crippen LogP contribution in [0.4, 0.5) is 0 Å². The second-order valence-corrected chi connectivity index (χ2v) is 4.17. The normalized spacial score (nSPS) is 13.2. The van der Waals surface area contributed by atoms with Gasteiger partial charge in [-0.25, -0.2) is 0 Å². The van der Waals surface area contributed by atoms with Crippen LogP contribution >= 0.6 is 11.8 Å². The number of hydrogen-bond donors (Lipinski definition) is 1. The molecular weight excluding hydrogens is 186 g/mol. The third-order valence-electron chi connectivity index (χ3n) is 1.65. The fourth-order valence-electron chi connectivity index (χ4n) is 0.917. The number of aliphatic hydroxyl groups is 1. The summed E-state index contributed by atoms with van der Waals surface area (Å²) in [4.78, 5) is 0. The van der Waals surface area contributed by atoms with E-state index in [1.165, 1.54) is 0 Å². The first kappa shape index (κ1) is 10.5. The van der Waals surface area contributed by atoms with E-state index < -0.39 is 6.10 Å². The lowest BCUT2D eigenvalue weighted by Crippen LogP contribution is -2.01. The number of thioether (sulfide) groups is 1. The minimum absolute atomic E-state index is 0.521. The molecule has 0 aliphatic rings. The minimum atomic E-state index is -0.521. The fourth-order valence-corrected chi connectivity index (χ4v) is 1.52. The highest BCUT2D eigenvalue weighted by molar-refractivity contribution is 7.99. The second-order valence-electron chi connectivity index (χ2n) is 2.78. The molecule has 0 saturated heterocycles. The van der Waals surface area contributed by atoms with Crippen molar-refractivity contribution in [1.82, 2.24) is 15.0 Å². The van der Waals surface area contributed by atoms with Crippen molar-refractivity contribution in [3.05, 3.63) is 11.9 Å². The molecule has 1 rings (SSSR count). The van der Waals surface area contributed by atoms with Crippen molar-refractivity contribution in [2.24, 2.45) is 0 Å². The summed E-state index contributed by atoms with van der Waals surface area (Å²) in [5.41, 5.74) is 0.640. The van der Waals surface area contributed by atoms with Crippen molar-refractivity contribution < 1.29 is 5.11 Å². The molecule has 0 spiro atoms. The van der Waals surface area contributed by atoms with Gasteiger partial charge in [0.05, 0.1) is 18.8 Å². The second kappa shape index (κ2) is 5.24. The molecule has 0 aromatic carbocycles. The maximum Gasteiger partial charge on any atom is 0.111 e. The van der Waals surface area contributed by atoms with Crippen LogP contribution < -0.4 is 0 Å². The average molecular weight is 201 g/mol. The van der Waals surface area contributed by atoms with Gasteiger partial charge in [0.15, 0.2) is 0 Å². The van der Waals surface area contributed by atoms with Gasteiger partial charge >= 0.3 is 0 Å². The van der Waals surface area contributed by atoms with Crippen molar-refractivity contribution in [3.63, 3.8) is 0 Å². The van der Waals surface area contributed by atoms with Gasteiger partial charge in [-0.05, 0) is 12.7 Å². The van der Waals surface area contributed by atoms with Crippen LogP contribution in [0.15, 0.2) is 6.20 Å². The van der Waals surface area contributed by atoms with Gasteiger partial charge in [-0.15, -0.1) is 5.10 Å². The lowest BCUT2D eigenvalue weighted by molar-refractivity contribution is 0.194. The lowest BCUT2D eigenvalue weighted by Gasteiger charge is -1.98. The predicted octanol–water partition coefficient (Wildman–Crippen LogP) is 1.08. The van der Waals surface area contributed by atoms with Crippen LogP contribution in [-0.4, -0.2) is 31.6 Å². The molecule has 1 heterocycles. The van der Waals surface area contributed by atoms with Crippen LogP contribution in [0.25, 0.3) is 0 Å². The van der Waals surface area contributed by atoms with Crippen LogP contribution in [0.5, 0.6) is 0 Å². The molecule has 0 bridgehead atoms. The third-order valence-corrected chi connectivity index (χ3v) is 2.53. The van der Waals surface area contributed by atoms with Gasteiger partial charge < -0.3 is 5.11 Å². The van der Waals surface area contributed by atoms with E-state index in [4.69, 9.17) is 0 Å². The molecule has 5 heteroatoms. The fraction of sp³-hybridized carbons (Fsp3) is 0.750. The van der Waals surface area contributed by atoms with Crippen LogP contribution in [0.2, 0.25) is 0 Å². The van der Waals surface area contributed by atoms with E-state index >= 15 is 0 Å². The number of aliphatic hydroxyl groups excluding tert-OH is 1. The van der Waals surface area contributed by atoms with Crippen LogP contribution in [0.3, 0.4) is 0 Å². The molecule has 74 valence electrons. The van der Waals surface area contributed by atoms with Crippen molar-refractivity contribution in [2.75, 3.05) is 11.5 Å². The molecule has 0 amide bonds. The standard InChI is InChI=1S/C8H15N3OS/c1-3-13-5-4-11-6-8(7(2)12)9-10-11/h6-7,12H,3-5H2,1-2H3. The Hall–Kier alpha value is -0.550. The Labute approximate surface area is 82.3 Å². The molecular formula is C8H15N3OS. The molecule has 0 saturated carbocycles. The number of aromatic nitrogens is 3. The van der Waals surface area contributed by atoms with E-state index in [0.29, 0.717) is 5.69 Å². The first-order valence-corrected chi connectivity index (χ1v) is 5.55. The maximum absolute atomic E-state index is 9.19. The summed E-state index contributed by atoms with van der Waals surface area (Å²) in [7, 11) is 0. The first-order chi connectivity index (χ1) is 6.24. The monoisotopic (exact) mass is 201 g/mol. The number of aryl methyl sites for hydroxylation is 1. The summed E-state index contributed by atoms with van der Waals surface area (Å²) < 4.78 is 1.77. The first-order valence-electron chi connectivity index (χ1n) is 4.40. The Morgan fingerprint density at radius 2 is 2.46 bits per heavy atom. The van der Waals surface area contributed by atoms with Crippen LogP contribution in [0.1, 0.15) is 25.6 Å².